The minimum atomic E-state index is -0.458. The zero-order valence-corrected chi connectivity index (χ0v) is 9.26. The van der Waals surface area contributed by atoms with Gasteiger partial charge in [0.05, 0.1) is 6.54 Å². The second-order valence-electron chi connectivity index (χ2n) is 3.73. The lowest BCUT2D eigenvalue weighted by molar-refractivity contribution is 0.578. The zero-order chi connectivity index (χ0) is 12.4. The van der Waals surface area contributed by atoms with Gasteiger partial charge in [-0.15, -0.1) is 0 Å². The third-order valence-electron chi connectivity index (χ3n) is 2.53. The van der Waals surface area contributed by atoms with E-state index in [1.54, 1.807) is 25.2 Å². The molecule has 1 aromatic carbocycles. The Labute approximate surface area is 96.6 Å². The molecule has 0 atom stereocenters. The van der Waals surface area contributed by atoms with Crippen molar-refractivity contribution >= 4 is 0 Å². The van der Waals surface area contributed by atoms with Crippen LogP contribution in [0.5, 0.6) is 0 Å². The molecule has 88 valence electrons. The van der Waals surface area contributed by atoms with Crippen molar-refractivity contribution in [3.05, 3.63) is 68.7 Å². The maximum Gasteiger partial charge on any atom is 0.331 e. The predicted octanol–water partition coefficient (Wildman–Crippen LogP) is 0.734. The molecule has 5 heteroatoms. The molecule has 2 aromatic rings. The Kier molecular flexibility index (Phi) is 2.91. The van der Waals surface area contributed by atoms with E-state index in [0.717, 1.165) is 4.57 Å². The average Bonchev–Trinajstić information content (AvgIpc) is 2.32. The Balaban J connectivity index is 2.51. The molecule has 1 aromatic heterocycles. The molecule has 0 unspecified atom stereocenters. The number of rotatable bonds is 2. The van der Waals surface area contributed by atoms with Gasteiger partial charge in [-0.1, -0.05) is 18.2 Å². The van der Waals surface area contributed by atoms with E-state index in [-0.39, 0.29) is 6.54 Å². The lowest BCUT2D eigenvalue weighted by atomic mass is 10.2. The summed E-state index contributed by atoms with van der Waals surface area (Å²) >= 11 is 0. The Morgan fingerprint density at radius 3 is 2.59 bits per heavy atom. The Morgan fingerprint density at radius 2 is 1.88 bits per heavy atom. The SMILES string of the molecule is Cn1ccc(=O)n(Cc2ccccc2F)c1=O. The third-order valence-corrected chi connectivity index (χ3v) is 2.53. The van der Waals surface area contributed by atoms with E-state index in [2.05, 4.69) is 0 Å². The molecular formula is C12H11FN2O2. The Morgan fingerprint density at radius 1 is 1.18 bits per heavy atom. The smallest absolute Gasteiger partial charge is 0.303 e. The van der Waals surface area contributed by atoms with Crippen LogP contribution in [-0.4, -0.2) is 9.13 Å². The van der Waals surface area contributed by atoms with Gasteiger partial charge in [0.15, 0.2) is 0 Å². The molecule has 0 N–H and O–H groups in total. The third kappa shape index (κ3) is 2.18. The van der Waals surface area contributed by atoms with Crippen LogP contribution >= 0.6 is 0 Å². The van der Waals surface area contributed by atoms with E-state index in [4.69, 9.17) is 0 Å². The molecule has 0 bridgehead atoms. The number of benzene rings is 1. The summed E-state index contributed by atoms with van der Waals surface area (Å²) in [5.41, 5.74) is -0.574. The molecule has 2 rings (SSSR count). The molecule has 0 saturated carbocycles. The number of hydrogen-bond acceptors (Lipinski definition) is 2. The van der Waals surface area contributed by atoms with Crippen LogP contribution in [0.25, 0.3) is 0 Å². The van der Waals surface area contributed by atoms with E-state index in [1.165, 1.54) is 22.9 Å². The van der Waals surface area contributed by atoms with Gasteiger partial charge < -0.3 is 4.57 Å². The van der Waals surface area contributed by atoms with Gasteiger partial charge in [0.2, 0.25) is 0 Å². The van der Waals surface area contributed by atoms with Crippen molar-refractivity contribution in [1.29, 1.82) is 0 Å². The molecule has 0 amide bonds. The highest BCUT2D eigenvalue weighted by molar-refractivity contribution is 5.17. The van der Waals surface area contributed by atoms with Crippen LogP contribution in [0.15, 0.2) is 46.1 Å². The lowest BCUT2D eigenvalue weighted by Gasteiger charge is -2.07. The van der Waals surface area contributed by atoms with Gasteiger partial charge in [-0.2, -0.15) is 0 Å². The van der Waals surface area contributed by atoms with Gasteiger partial charge in [-0.05, 0) is 6.07 Å². The second kappa shape index (κ2) is 4.37. The Bertz CT molecular complexity index is 658. The van der Waals surface area contributed by atoms with Crippen LogP contribution in [0, 0.1) is 5.82 Å². The molecule has 0 aliphatic rings. The predicted molar refractivity (Wildman–Crippen MR) is 61.4 cm³/mol. The second-order valence-corrected chi connectivity index (χ2v) is 3.73. The van der Waals surface area contributed by atoms with Crippen LogP contribution in [0.2, 0.25) is 0 Å². The summed E-state index contributed by atoms with van der Waals surface area (Å²) in [6.45, 7) is -0.0565. The molecule has 1 heterocycles. The maximum absolute atomic E-state index is 13.4. The molecule has 0 spiro atoms. The fraction of sp³-hybridized carbons (Fsp3) is 0.167. The van der Waals surface area contributed by atoms with Gasteiger partial charge in [-0.3, -0.25) is 9.36 Å². The van der Waals surface area contributed by atoms with E-state index in [1.807, 2.05) is 0 Å². The monoisotopic (exact) mass is 234 g/mol. The van der Waals surface area contributed by atoms with Crippen molar-refractivity contribution in [1.82, 2.24) is 9.13 Å². The summed E-state index contributed by atoms with van der Waals surface area (Å²) in [5.74, 6) is -0.426. The molecule has 0 saturated heterocycles. The Hall–Kier alpha value is -2.17. The van der Waals surface area contributed by atoms with E-state index >= 15 is 0 Å². The first-order valence-corrected chi connectivity index (χ1v) is 5.09. The summed E-state index contributed by atoms with van der Waals surface area (Å²) in [6.07, 6.45) is 1.39. The quantitative estimate of drug-likeness (QED) is 0.769. The maximum atomic E-state index is 13.4. The van der Waals surface area contributed by atoms with Gasteiger partial charge >= 0.3 is 5.69 Å². The highest BCUT2D eigenvalue weighted by Crippen LogP contribution is 2.06. The van der Waals surface area contributed by atoms with Gasteiger partial charge in [0.25, 0.3) is 5.56 Å². The zero-order valence-electron chi connectivity index (χ0n) is 9.26. The molecule has 17 heavy (non-hydrogen) atoms. The minimum Gasteiger partial charge on any atom is -0.303 e. The molecular weight excluding hydrogens is 223 g/mol. The standard InChI is InChI=1S/C12H11FN2O2/c1-14-7-6-11(16)15(12(14)17)8-9-4-2-3-5-10(9)13/h2-7H,8H2,1H3. The van der Waals surface area contributed by atoms with Crippen molar-refractivity contribution in [2.24, 2.45) is 7.05 Å². The van der Waals surface area contributed by atoms with Crippen LogP contribution in [-0.2, 0) is 13.6 Å². The molecule has 4 nitrogen and oxygen atoms in total. The van der Waals surface area contributed by atoms with Crippen molar-refractivity contribution in [3.8, 4) is 0 Å². The fourth-order valence-electron chi connectivity index (χ4n) is 1.56. The van der Waals surface area contributed by atoms with Crippen molar-refractivity contribution in [2.45, 2.75) is 6.54 Å². The van der Waals surface area contributed by atoms with E-state index in [0.29, 0.717) is 5.56 Å². The summed E-state index contributed by atoms with van der Waals surface area (Å²) in [7, 11) is 1.54. The summed E-state index contributed by atoms with van der Waals surface area (Å²) in [6, 6.07) is 7.35. The summed E-state index contributed by atoms with van der Waals surface area (Å²) in [5, 5.41) is 0. The number of hydrogen-bond donors (Lipinski definition) is 0. The summed E-state index contributed by atoms with van der Waals surface area (Å²) < 4.78 is 15.7. The molecule has 0 fully saturated rings. The van der Waals surface area contributed by atoms with Crippen LogP contribution < -0.4 is 11.2 Å². The molecule has 0 radical (unpaired) electrons. The topological polar surface area (TPSA) is 44.0 Å². The fourth-order valence-corrected chi connectivity index (χ4v) is 1.56. The molecule has 0 aliphatic heterocycles. The average molecular weight is 234 g/mol. The van der Waals surface area contributed by atoms with Gasteiger partial charge in [-0.25, -0.2) is 9.18 Å². The normalized spacial score (nSPS) is 10.5. The number of aryl methyl sites for hydroxylation is 1. The van der Waals surface area contributed by atoms with Crippen LogP contribution in [0.4, 0.5) is 4.39 Å². The molecule has 0 aliphatic carbocycles. The van der Waals surface area contributed by atoms with E-state index in [9.17, 15) is 14.0 Å². The number of halogens is 1. The summed E-state index contributed by atoms with van der Waals surface area (Å²) in [4.78, 5) is 23.2. The van der Waals surface area contributed by atoms with Crippen LogP contribution in [0.1, 0.15) is 5.56 Å². The van der Waals surface area contributed by atoms with Gasteiger partial charge in [0, 0.05) is 24.9 Å². The highest BCUT2D eigenvalue weighted by atomic mass is 19.1. The minimum absolute atomic E-state index is 0.0565. The number of aromatic nitrogens is 2. The van der Waals surface area contributed by atoms with Gasteiger partial charge in [0.1, 0.15) is 5.82 Å². The van der Waals surface area contributed by atoms with Crippen molar-refractivity contribution in [2.75, 3.05) is 0 Å². The van der Waals surface area contributed by atoms with Crippen molar-refractivity contribution < 1.29 is 4.39 Å². The van der Waals surface area contributed by atoms with Crippen LogP contribution in [0.3, 0.4) is 0 Å². The first-order chi connectivity index (χ1) is 8.09. The largest absolute Gasteiger partial charge is 0.331 e. The van der Waals surface area contributed by atoms with E-state index < -0.39 is 17.1 Å². The lowest BCUT2D eigenvalue weighted by Crippen LogP contribution is -2.38. The first kappa shape index (κ1) is 11.3. The number of nitrogens with zero attached hydrogens (tertiary/aromatic N) is 2. The highest BCUT2D eigenvalue weighted by Gasteiger charge is 2.06. The first-order valence-electron chi connectivity index (χ1n) is 5.09. The van der Waals surface area contributed by atoms with Crippen molar-refractivity contribution in [3.63, 3.8) is 0 Å².